The Kier molecular flexibility index (Phi) is 6.48. The zero-order valence-corrected chi connectivity index (χ0v) is 14.6. The van der Waals surface area contributed by atoms with E-state index in [0.717, 1.165) is 23.6 Å². The summed E-state index contributed by atoms with van der Waals surface area (Å²) < 4.78 is 11.7. The van der Waals surface area contributed by atoms with Gasteiger partial charge in [0.05, 0.1) is 6.61 Å². The van der Waals surface area contributed by atoms with Gasteiger partial charge in [0.1, 0.15) is 6.61 Å². The first-order chi connectivity index (χ1) is 11.1. The van der Waals surface area contributed by atoms with Crippen LogP contribution < -0.4 is 14.8 Å². The van der Waals surface area contributed by atoms with E-state index in [1.165, 1.54) is 11.1 Å². The molecule has 0 radical (unpaired) electrons. The molecule has 0 fully saturated rings. The van der Waals surface area contributed by atoms with Crippen molar-refractivity contribution in [3.8, 4) is 11.5 Å². The van der Waals surface area contributed by atoms with Gasteiger partial charge in [-0.1, -0.05) is 49.7 Å². The van der Waals surface area contributed by atoms with Crippen LogP contribution in [0.4, 0.5) is 0 Å². The summed E-state index contributed by atoms with van der Waals surface area (Å²) in [6, 6.07) is 15.0. The minimum absolute atomic E-state index is 0.461. The molecule has 0 atom stereocenters. The van der Waals surface area contributed by atoms with Crippen molar-refractivity contribution in [3.63, 3.8) is 0 Å². The van der Waals surface area contributed by atoms with E-state index in [2.05, 4.69) is 62.5 Å². The van der Waals surface area contributed by atoms with Crippen molar-refractivity contribution in [3.05, 3.63) is 59.2 Å². The second-order valence-corrected chi connectivity index (χ2v) is 6.02. The fraction of sp³-hybridized carbons (Fsp3) is 0.400. The van der Waals surface area contributed by atoms with Gasteiger partial charge in [-0.15, -0.1) is 0 Å². The van der Waals surface area contributed by atoms with Gasteiger partial charge in [0, 0.05) is 12.6 Å². The molecule has 0 saturated heterocycles. The number of hydrogen-bond acceptors (Lipinski definition) is 3. The summed E-state index contributed by atoms with van der Waals surface area (Å²) in [6.45, 7) is 10.4. The van der Waals surface area contributed by atoms with Crippen LogP contribution >= 0.6 is 0 Å². The molecule has 0 spiro atoms. The maximum absolute atomic E-state index is 5.95. The molecule has 0 amide bonds. The van der Waals surface area contributed by atoms with Crippen LogP contribution in [0.5, 0.6) is 11.5 Å². The third-order valence-corrected chi connectivity index (χ3v) is 3.54. The van der Waals surface area contributed by atoms with Crippen molar-refractivity contribution >= 4 is 0 Å². The summed E-state index contributed by atoms with van der Waals surface area (Å²) in [4.78, 5) is 0. The number of rotatable bonds is 8. The predicted molar refractivity (Wildman–Crippen MR) is 95.1 cm³/mol. The molecule has 0 bridgehead atoms. The molecule has 0 unspecified atom stereocenters. The first-order valence-electron chi connectivity index (χ1n) is 8.26. The van der Waals surface area contributed by atoms with Crippen LogP contribution in [0.2, 0.25) is 0 Å². The molecule has 0 aromatic heterocycles. The zero-order chi connectivity index (χ0) is 16.7. The first-order valence-corrected chi connectivity index (χ1v) is 8.26. The lowest BCUT2D eigenvalue weighted by Crippen LogP contribution is -2.21. The van der Waals surface area contributed by atoms with Crippen LogP contribution in [0, 0.1) is 6.92 Å². The molecule has 2 rings (SSSR count). The molecule has 124 valence electrons. The Hall–Kier alpha value is -2.00. The van der Waals surface area contributed by atoms with Crippen molar-refractivity contribution in [2.75, 3.05) is 6.61 Å². The third-order valence-electron chi connectivity index (χ3n) is 3.54. The van der Waals surface area contributed by atoms with Gasteiger partial charge in [0.2, 0.25) is 0 Å². The highest BCUT2D eigenvalue weighted by Crippen LogP contribution is 2.29. The Morgan fingerprint density at radius 2 is 1.61 bits per heavy atom. The normalized spacial score (nSPS) is 10.8. The van der Waals surface area contributed by atoms with Gasteiger partial charge in [0.25, 0.3) is 0 Å². The van der Waals surface area contributed by atoms with Gasteiger partial charge in [-0.05, 0) is 37.1 Å². The Morgan fingerprint density at radius 3 is 2.26 bits per heavy atom. The largest absolute Gasteiger partial charge is 0.490 e. The highest BCUT2D eigenvalue weighted by molar-refractivity contribution is 5.43. The lowest BCUT2D eigenvalue weighted by atomic mass is 10.1. The summed E-state index contributed by atoms with van der Waals surface area (Å²) in [5.74, 6) is 1.60. The maximum atomic E-state index is 5.95. The predicted octanol–water partition coefficient (Wildman–Crippen LogP) is 4.47. The van der Waals surface area contributed by atoms with Crippen molar-refractivity contribution in [2.24, 2.45) is 0 Å². The summed E-state index contributed by atoms with van der Waals surface area (Å²) >= 11 is 0. The van der Waals surface area contributed by atoms with Crippen molar-refractivity contribution in [1.29, 1.82) is 0 Å². The standard InChI is InChI=1S/C20H27NO2/c1-5-22-20-12-18(13-21-15(2)3)10-11-19(20)23-14-17-8-6-16(4)7-9-17/h6-12,15,21H,5,13-14H2,1-4H3. The molecule has 2 aromatic carbocycles. The Balaban J connectivity index is 2.05. The molecule has 3 nitrogen and oxygen atoms in total. The lowest BCUT2D eigenvalue weighted by Gasteiger charge is -2.14. The lowest BCUT2D eigenvalue weighted by molar-refractivity contribution is 0.269. The Bertz CT molecular complexity index is 606. The van der Waals surface area contributed by atoms with Gasteiger partial charge in [-0.25, -0.2) is 0 Å². The molecule has 0 heterocycles. The van der Waals surface area contributed by atoms with E-state index in [1.807, 2.05) is 13.0 Å². The third kappa shape index (κ3) is 5.61. The van der Waals surface area contributed by atoms with E-state index in [-0.39, 0.29) is 0 Å². The summed E-state index contributed by atoms with van der Waals surface area (Å²) in [5.41, 5.74) is 3.61. The smallest absolute Gasteiger partial charge is 0.161 e. The van der Waals surface area contributed by atoms with Crippen molar-refractivity contribution in [1.82, 2.24) is 5.32 Å². The molecule has 0 aliphatic rings. The average molecular weight is 313 g/mol. The molecular formula is C20H27NO2. The van der Waals surface area contributed by atoms with E-state index >= 15 is 0 Å². The summed E-state index contributed by atoms with van der Waals surface area (Å²) in [7, 11) is 0. The number of nitrogens with one attached hydrogen (secondary N) is 1. The monoisotopic (exact) mass is 313 g/mol. The quantitative estimate of drug-likeness (QED) is 0.780. The fourth-order valence-electron chi connectivity index (χ4n) is 2.22. The SMILES string of the molecule is CCOc1cc(CNC(C)C)ccc1OCc1ccc(C)cc1. The molecule has 0 aliphatic carbocycles. The number of hydrogen-bond donors (Lipinski definition) is 1. The number of ether oxygens (including phenoxy) is 2. The number of aryl methyl sites for hydroxylation is 1. The molecule has 0 aliphatic heterocycles. The van der Waals surface area contributed by atoms with E-state index in [0.29, 0.717) is 19.3 Å². The second-order valence-electron chi connectivity index (χ2n) is 6.02. The van der Waals surface area contributed by atoms with Gasteiger partial charge >= 0.3 is 0 Å². The zero-order valence-electron chi connectivity index (χ0n) is 14.6. The molecule has 1 N–H and O–H groups in total. The molecule has 3 heteroatoms. The summed E-state index contributed by atoms with van der Waals surface area (Å²) in [5, 5.41) is 3.42. The van der Waals surface area contributed by atoms with Crippen molar-refractivity contribution in [2.45, 2.75) is 46.9 Å². The highest BCUT2D eigenvalue weighted by atomic mass is 16.5. The highest BCUT2D eigenvalue weighted by Gasteiger charge is 2.07. The Labute approximate surface area is 139 Å². The average Bonchev–Trinajstić information content (AvgIpc) is 2.54. The maximum Gasteiger partial charge on any atom is 0.161 e. The topological polar surface area (TPSA) is 30.5 Å². The van der Waals surface area contributed by atoms with Gasteiger partial charge in [-0.2, -0.15) is 0 Å². The molecule has 23 heavy (non-hydrogen) atoms. The van der Waals surface area contributed by atoms with Crippen LogP contribution in [0.3, 0.4) is 0 Å². The van der Waals surface area contributed by atoms with E-state index in [1.54, 1.807) is 0 Å². The van der Waals surface area contributed by atoms with Gasteiger partial charge in [0.15, 0.2) is 11.5 Å². The van der Waals surface area contributed by atoms with E-state index in [4.69, 9.17) is 9.47 Å². The minimum Gasteiger partial charge on any atom is -0.490 e. The Morgan fingerprint density at radius 1 is 0.913 bits per heavy atom. The second kappa shape index (κ2) is 8.59. The van der Waals surface area contributed by atoms with Crippen LogP contribution in [-0.4, -0.2) is 12.6 Å². The first kappa shape index (κ1) is 17.4. The van der Waals surface area contributed by atoms with E-state index in [9.17, 15) is 0 Å². The van der Waals surface area contributed by atoms with Crippen LogP contribution in [0.25, 0.3) is 0 Å². The fourth-order valence-corrected chi connectivity index (χ4v) is 2.22. The van der Waals surface area contributed by atoms with Crippen LogP contribution in [0.15, 0.2) is 42.5 Å². The van der Waals surface area contributed by atoms with E-state index < -0.39 is 0 Å². The van der Waals surface area contributed by atoms with Gasteiger partial charge < -0.3 is 14.8 Å². The van der Waals surface area contributed by atoms with Gasteiger partial charge in [-0.3, -0.25) is 0 Å². The molecular weight excluding hydrogens is 286 g/mol. The van der Waals surface area contributed by atoms with Crippen LogP contribution in [0.1, 0.15) is 37.5 Å². The molecule has 2 aromatic rings. The summed E-state index contributed by atoms with van der Waals surface area (Å²) in [6.07, 6.45) is 0. The van der Waals surface area contributed by atoms with Crippen molar-refractivity contribution < 1.29 is 9.47 Å². The number of benzene rings is 2. The molecule has 0 saturated carbocycles. The van der Waals surface area contributed by atoms with Crippen LogP contribution in [-0.2, 0) is 13.2 Å². The minimum atomic E-state index is 0.461.